The summed E-state index contributed by atoms with van der Waals surface area (Å²) in [5.41, 5.74) is 0. The minimum absolute atomic E-state index is 0.328. The number of carboxylic acids is 1. The molecular formula is C11H20O2. The number of unbranched alkanes of at least 4 members (excludes halogenated alkanes) is 5. The normalized spacial score (nSPS) is 10.8. The average molecular weight is 184 g/mol. The Balaban J connectivity index is 2.95. The van der Waals surface area contributed by atoms with Crippen molar-refractivity contribution in [2.24, 2.45) is 0 Å². The maximum Gasteiger partial charge on any atom is 0.303 e. The lowest BCUT2D eigenvalue weighted by Gasteiger charge is -1.97. The van der Waals surface area contributed by atoms with Crippen molar-refractivity contribution in [2.45, 2.75) is 51.9 Å². The molecule has 2 heteroatoms. The van der Waals surface area contributed by atoms with Gasteiger partial charge in [0.2, 0.25) is 0 Å². The molecular weight excluding hydrogens is 164 g/mol. The van der Waals surface area contributed by atoms with E-state index >= 15 is 0 Å². The number of hydrogen-bond donors (Lipinski definition) is 1. The molecule has 0 aliphatic rings. The second-order valence-corrected chi connectivity index (χ2v) is 3.27. The van der Waals surface area contributed by atoms with Crippen molar-refractivity contribution in [3.63, 3.8) is 0 Å². The summed E-state index contributed by atoms with van der Waals surface area (Å²) >= 11 is 0. The second-order valence-electron chi connectivity index (χ2n) is 3.27. The van der Waals surface area contributed by atoms with Crippen molar-refractivity contribution in [2.75, 3.05) is 0 Å². The second kappa shape index (κ2) is 9.30. The SMILES string of the molecule is C/C=C\CCCCCCCC(=O)O. The van der Waals surface area contributed by atoms with Gasteiger partial charge in [-0.3, -0.25) is 4.79 Å². The summed E-state index contributed by atoms with van der Waals surface area (Å²) < 4.78 is 0. The van der Waals surface area contributed by atoms with Crippen LogP contribution in [0.2, 0.25) is 0 Å². The summed E-state index contributed by atoms with van der Waals surface area (Å²) in [5.74, 6) is -0.672. The Morgan fingerprint density at radius 3 is 2.38 bits per heavy atom. The molecule has 0 unspecified atom stereocenters. The van der Waals surface area contributed by atoms with Gasteiger partial charge in [-0.1, -0.05) is 31.4 Å². The van der Waals surface area contributed by atoms with Crippen LogP contribution in [-0.2, 0) is 4.79 Å². The van der Waals surface area contributed by atoms with Crippen LogP contribution in [0.5, 0.6) is 0 Å². The fourth-order valence-corrected chi connectivity index (χ4v) is 1.24. The summed E-state index contributed by atoms with van der Waals surface area (Å²) in [6.07, 6.45) is 11.3. The molecule has 0 atom stereocenters. The van der Waals surface area contributed by atoms with Crippen LogP contribution in [0.25, 0.3) is 0 Å². The molecule has 0 aliphatic carbocycles. The highest BCUT2D eigenvalue weighted by atomic mass is 16.4. The van der Waals surface area contributed by atoms with E-state index < -0.39 is 5.97 Å². The topological polar surface area (TPSA) is 37.3 Å². The zero-order chi connectivity index (χ0) is 9.94. The molecule has 0 aromatic carbocycles. The molecule has 0 aromatic rings. The third-order valence-corrected chi connectivity index (χ3v) is 2.00. The number of carbonyl (C=O) groups is 1. The first-order chi connectivity index (χ1) is 6.27. The zero-order valence-corrected chi connectivity index (χ0v) is 8.46. The van der Waals surface area contributed by atoms with Crippen LogP contribution in [-0.4, -0.2) is 11.1 Å². The van der Waals surface area contributed by atoms with Crippen LogP contribution in [0.1, 0.15) is 51.9 Å². The highest BCUT2D eigenvalue weighted by Gasteiger charge is 1.95. The van der Waals surface area contributed by atoms with Gasteiger partial charge in [0.05, 0.1) is 0 Å². The fraction of sp³-hybridized carbons (Fsp3) is 0.727. The molecule has 76 valence electrons. The van der Waals surface area contributed by atoms with Gasteiger partial charge in [0.25, 0.3) is 0 Å². The highest BCUT2D eigenvalue weighted by Crippen LogP contribution is 2.07. The maximum absolute atomic E-state index is 10.2. The number of aliphatic carboxylic acids is 1. The first-order valence-corrected chi connectivity index (χ1v) is 5.10. The molecule has 0 saturated heterocycles. The van der Waals surface area contributed by atoms with E-state index in [9.17, 15) is 4.79 Å². The molecule has 0 bridgehead atoms. The summed E-state index contributed by atoms with van der Waals surface area (Å²) in [5, 5.41) is 8.38. The summed E-state index contributed by atoms with van der Waals surface area (Å²) in [6.45, 7) is 2.03. The number of allylic oxidation sites excluding steroid dienone is 2. The van der Waals surface area contributed by atoms with Gasteiger partial charge in [0.1, 0.15) is 0 Å². The monoisotopic (exact) mass is 184 g/mol. The molecule has 0 aromatic heterocycles. The average Bonchev–Trinajstić information content (AvgIpc) is 2.09. The van der Waals surface area contributed by atoms with Gasteiger partial charge in [-0.2, -0.15) is 0 Å². The van der Waals surface area contributed by atoms with Crippen molar-refractivity contribution >= 4 is 5.97 Å². The molecule has 0 aliphatic heterocycles. The van der Waals surface area contributed by atoms with Crippen molar-refractivity contribution < 1.29 is 9.90 Å². The minimum Gasteiger partial charge on any atom is -0.481 e. The van der Waals surface area contributed by atoms with Crippen molar-refractivity contribution in [1.82, 2.24) is 0 Å². The number of hydrogen-bond acceptors (Lipinski definition) is 1. The van der Waals surface area contributed by atoms with Crippen LogP contribution in [0, 0.1) is 0 Å². The molecule has 1 N–H and O–H groups in total. The van der Waals surface area contributed by atoms with E-state index in [1.807, 2.05) is 6.92 Å². The Morgan fingerprint density at radius 1 is 1.15 bits per heavy atom. The van der Waals surface area contributed by atoms with Crippen molar-refractivity contribution in [3.8, 4) is 0 Å². The summed E-state index contributed by atoms with van der Waals surface area (Å²) in [6, 6.07) is 0. The molecule has 2 nitrogen and oxygen atoms in total. The first kappa shape index (κ1) is 12.2. The predicted octanol–water partition coefficient (Wildman–Crippen LogP) is 3.38. The first-order valence-electron chi connectivity index (χ1n) is 5.10. The number of rotatable bonds is 8. The van der Waals surface area contributed by atoms with Crippen molar-refractivity contribution in [3.05, 3.63) is 12.2 Å². The molecule has 0 saturated carbocycles. The van der Waals surface area contributed by atoms with Gasteiger partial charge >= 0.3 is 5.97 Å². The molecule has 0 spiro atoms. The zero-order valence-electron chi connectivity index (χ0n) is 8.46. The van der Waals surface area contributed by atoms with Crippen LogP contribution < -0.4 is 0 Å². The lowest BCUT2D eigenvalue weighted by molar-refractivity contribution is -0.137. The third-order valence-electron chi connectivity index (χ3n) is 2.00. The van der Waals surface area contributed by atoms with E-state index in [0.717, 1.165) is 19.3 Å². The van der Waals surface area contributed by atoms with E-state index in [-0.39, 0.29) is 0 Å². The standard InChI is InChI=1S/C11H20O2/c1-2-3-4-5-6-7-8-9-10-11(12)13/h2-3H,4-10H2,1H3,(H,12,13)/b3-2-. The van der Waals surface area contributed by atoms with Gasteiger partial charge < -0.3 is 5.11 Å². The van der Waals surface area contributed by atoms with Crippen LogP contribution in [0.4, 0.5) is 0 Å². The predicted molar refractivity (Wildman–Crippen MR) is 54.8 cm³/mol. The van der Waals surface area contributed by atoms with E-state index in [2.05, 4.69) is 12.2 Å². The summed E-state index contributed by atoms with van der Waals surface area (Å²) in [7, 11) is 0. The lowest BCUT2D eigenvalue weighted by Crippen LogP contribution is -1.93. The van der Waals surface area contributed by atoms with Gasteiger partial charge in [-0.05, 0) is 26.2 Å². The lowest BCUT2D eigenvalue weighted by atomic mass is 10.1. The molecule has 0 heterocycles. The highest BCUT2D eigenvalue weighted by molar-refractivity contribution is 5.66. The minimum atomic E-state index is -0.672. The maximum atomic E-state index is 10.2. The molecule has 0 amide bonds. The van der Waals surface area contributed by atoms with Gasteiger partial charge in [-0.25, -0.2) is 0 Å². The Kier molecular flexibility index (Phi) is 8.73. The van der Waals surface area contributed by atoms with Crippen LogP contribution in [0.3, 0.4) is 0 Å². The Morgan fingerprint density at radius 2 is 1.77 bits per heavy atom. The van der Waals surface area contributed by atoms with Crippen LogP contribution >= 0.6 is 0 Å². The van der Waals surface area contributed by atoms with Gasteiger partial charge in [-0.15, -0.1) is 0 Å². The van der Waals surface area contributed by atoms with Gasteiger partial charge in [0.15, 0.2) is 0 Å². The molecule has 0 fully saturated rings. The van der Waals surface area contributed by atoms with E-state index in [1.54, 1.807) is 0 Å². The number of carboxylic acid groups (broad SMARTS) is 1. The van der Waals surface area contributed by atoms with E-state index in [4.69, 9.17) is 5.11 Å². The largest absolute Gasteiger partial charge is 0.481 e. The van der Waals surface area contributed by atoms with E-state index in [0.29, 0.717) is 6.42 Å². The molecule has 0 radical (unpaired) electrons. The molecule has 0 rings (SSSR count). The quantitative estimate of drug-likeness (QED) is 0.464. The summed E-state index contributed by atoms with van der Waals surface area (Å²) in [4.78, 5) is 10.2. The van der Waals surface area contributed by atoms with E-state index in [1.165, 1.54) is 19.3 Å². The fourth-order valence-electron chi connectivity index (χ4n) is 1.24. The Hall–Kier alpha value is -0.790. The molecule has 13 heavy (non-hydrogen) atoms. The van der Waals surface area contributed by atoms with Gasteiger partial charge in [0, 0.05) is 6.42 Å². The Bertz CT molecular complexity index is 150. The van der Waals surface area contributed by atoms with Crippen molar-refractivity contribution in [1.29, 1.82) is 0 Å². The smallest absolute Gasteiger partial charge is 0.303 e. The van der Waals surface area contributed by atoms with Crippen LogP contribution in [0.15, 0.2) is 12.2 Å². The third kappa shape index (κ3) is 11.2. The Labute approximate surface area is 80.7 Å².